The van der Waals surface area contributed by atoms with E-state index in [0.29, 0.717) is 31.4 Å². The lowest BCUT2D eigenvalue weighted by Gasteiger charge is -2.34. The zero-order chi connectivity index (χ0) is 19.4. The van der Waals surface area contributed by atoms with Crippen molar-refractivity contribution < 1.29 is 17.9 Å². The predicted octanol–water partition coefficient (Wildman–Crippen LogP) is 1.60. The average molecular weight is 516 g/mol. The van der Waals surface area contributed by atoms with Crippen LogP contribution in [-0.2, 0) is 14.6 Å². The normalized spacial score (nSPS) is 25.5. The molecule has 0 aliphatic carbocycles. The van der Waals surface area contributed by atoms with Gasteiger partial charge in [-0.1, -0.05) is 0 Å². The van der Waals surface area contributed by atoms with Crippen molar-refractivity contribution in [3.8, 4) is 0 Å². The number of aliphatic imine (C=N–C) groups is 1. The topological polar surface area (TPSA) is 100 Å². The molecule has 0 aromatic rings. The Morgan fingerprint density at radius 3 is 2.56 bits per heavy atom. The predicted molar refractivity (Wildman–Crippen MR) is 118 cm³/mol. The average Bonchev–Trinajstić information content (AvgIpc) is 2.89. The first kappa shape index (κ1) is 24.3. The highest BCUT2D eigenvalue weighted by molar-refractivity contribution is 14.0. The number of ether oxygens (including phenoxy) is 1. The number of nitrogens with zero attached hydrogens (tertiary/aromatic N) is 2. The van der Waals surface area contributed by atoms with Crippen molar-refractivity contribution in [2.45, 2.75) is 51.7 Å². The van der Waals surface area contributed by atoms with Crippen LogP contribution >= 0.6 is 24.0 Å². The molecule has 2 heterocycles. The van der Waals surface area contributed by atoms with Crippen LogP contribution in [-0.4, -0.2) is 75.2 Å². The van der Waals surface area contributed by atoms with Gasteiger partial charge in [-0.15, -0.1) is 24.0 Å². The first-order chi connectivity index (χ1) is 12.1. The third kappa shape index (κ3) is 8.41. The van der Waals surface area contributed by atoms with E-state index >= 15 is 0 Å². The van der Waals surface area contributed by atoms with E-state index in [4.69, 9.17) is 4.74 Å². The smallest absolute Gasteiger partial charge is 0.410 e. The minimum atomic E-state index is -2.92. The maximum atomic E-state index is 12.2. The molecule has 2 N–H and O–H groups in total. The Morgan fingerprint density at radius 2 is 2.00 bits per heavy atom. The Kier molecular flexibility index (Phi) is 9.10. The van der Waals surface area contributed by atoms with Gasteiger partial charge in [-0.25, -0.2) is 13.2 Å². The fourth-order valence-electron chi connectivity index (χ4n) is 3.26. The van der Waals surface area contributed by atoms with Gasteiger partial charge < -0.3 is 20.3 Å². The summed E-state index contributed by atoms with van der Waals surface area (Å²) in [6, 6.07) is -0.0872. The maximum absolute atomic E-state index is 12.2. The summed E-state index contributed by atoms with van der Waals surface area (Å²) in [6.07, 6.45) is 2.32. The maximum Gasteiger partial charge on any atom is 0.410 e. The van der Waals surface area contributed by atoms with Crippen LogP contribution in [0.1, 0.15) is 40.0 Å². The van der Waals surface area contributed by atoms with Gasteiger partial charge >= 0.3 is 6.09 Å². The summed E-state index contributed by atoms with van der Waals surface area (Å²) < 4.78 is 28.6. The molecule has 1 amide bonds. The number of likely N-dealkylation sites (tertiary alicyclic amines) is 1. The number of amides is 1. The molecule has 0 radical (unpaired) electrons. The van der Waals surface area contributed by atoms with Crippen LogP contribution in [0.4, 0.5) is 4.79 Å². The summed E-state index contributed by atoms with van der Waals surface area (Å²) in [5.74, 6) is 1.31. The molecule has 0 aromatic heterocycles. The highest BCUT2D eigenvalue weighted by atomic mass is 127. The molecule has 0 saturated carbocycles. The Labute approximate surface area is 179 Å². The first-order valence-electron chi connectivity index (χ1n) is 9.23. The number of sulfone groups is 1. The van der Waals surface area contributed by atoms with Gasteiger partial charge in [-0.3, -0.25) is 4.99 Å². The van der Waals surface area contributed by atoms with Crippen molar-refractivity contribution in [1.29, 1.82) is 0 Å². The summed E-state index contributed by atoms with van der Waals surface area (Å²) in [5, 5.41) is 6.45. The molecule has 2 aliphatic rings. The quantitative estimate of drug-likeness (QED) is 0.336. The van der Waals surface area contributed by atoms with E-state index in [-0.39, 0.29) is 47.6 Å². The Bertz CT molecular complexity index is 633. The Hall–Kier alpha value is -0.780. The second-order valence-corrected chi connectivity index (χ2v) is 10.4. The van der Waals surface area contributed by atoms with Gasteiger partial charge in [0.1, 0.15) is 5.60 Å². The molecular formula is C17H33IN4O4S. The van der Waals surface area contributed by atoms with Crippen LogP contribution in [0.5, 0.6) is 0 Å². The lowest BCUT2D eigenvalue weighted by molar-refractivity contribution is 0.0168. The molecule has 2 rings (SSSR count). The molecule has 10 heteroatoms. The van der Waals surface area contributed by atoms with Crippen LogP contribution in [0.25, 0.3) is 0 Å². The monoisotopic (exact) mass is 516 g/mol. The van der Waals surface area contributed by atoms with Crippen molar-refractivity contribution in [3.63, 3.8) is 0 Å². The van der Waals surface area contributed by atoms with Crippen LogP contribution in [0, 0.1) is 5.92 Å². The zero-order valence-electron chi connectivity index (χ0n) is 16.7. The van der Waals surface area contributed by atoms with Gasteiger partial charge in [0.2, 0.25) is 0 Å². The van der Waals surface area contributed by atoms with Gasteiger partial charge in [0.15, 0.2) is 15.8 Å². The van der Waals surface area contributed by atoms with E-state index in [1.54, 1.807) is 11.9 Å². The SMILES string of the molecule is CN=C(NCC1CCCN(C(=O)OC(C)(C)C)C1)NC1CCS(=O)(=O)C1.I. The first-order valence-corrected chi connectivity index (χ1v) is 11.1. The standard InChI is InChI=1S/C17H32N4O4S.HI/c1-17(2,3)25-16(22)21-8-5-6-13(11-21)10-19-15(18-4)20-14-7-9-26(23,24)12-14;/h13-14H,5-12H2,1-4H3,(H2,18,19,20);1H. The van der Waals surface area contributed by atoms with Gasteiger partial charge in [0.25, 0.3) is 0 Å². The van der Waals surface area contributed by atoms with E-state index in [1.807, 2.05) is 20.8 Å². The van der Waals surface area contributed by atoms with Gasteiger partial charge in [0.05, 0.1) is 11.5 Å². The fourth-order valence-corrected chi connectivity index (χ4v) is 4.94. The molecule has 0 bridgehead atoms. The number of guanidine groups is 1. The van der Waals surface area contributed by atoms with E-state index < -0.39 is 15.4 Å². The minimum Gasteiger partial charge on any atom is -0.444 e. The van der Waals surface area contributed by atoms with Crippen LogP contribution in [0.15, 0.2) is 4.99 Å². The van der Waals surface area contributed by atoms with E-state index in [9.17, 15) is 13.2 Å². The molecule has 2 unspecified atom stereocenters. The van der Waals surface area contributed by atoms with Gasteiger partial charge in [-0.2, -0.15) is 0 Å². The van der Waals surface area contributed by atoms with Crippen molar-refractivity contribution in [2.24, 2.45) is 10.9 Å². The lowest BCUT2D eigenvalue weighted by atomic mass is 9.98. The molecule has 0 spiro atoms. The Morgan fingerprint density at radius 1 is 1.30 bits per heavy atom. The number of hydrogen-bond acceptors (Lipinski definition) is 5. The summed E-state index contributed by atoms with van der Waals surface area (Å²) in [4.78, 5) is 18.2. The number of nitrogens with one attached hydrogen (secondary N) is 2. The Balaban J connectivity index is 0.00000364. The number of carbonyl (C=O) groups excluding carboxylic acids is 1. The molecular weight excluding hydrogens is 483 g/mol. The van der Waals surface area contributed by atoms with Gasteiger partial charge in [-0.05, 0) is 46.0 Å². The van der Waals surface area contributed by atoms with Crippen LogP contribution in [0.3, 0.4) is 0 Å². The summed E-state index contributed by atoms with van der Waals surface area (Å²) in [6.45, 7) is 7.65. The van der Waals surface area contributed by atoms with Gasteiger partial charge in [0, 0.05) is 32.7 Å². The number of hydrogen-bond donors (Lipinski definition) is 2. The molecule has 2 saturated heterocycles. The number of halogens is 1. The molecule has 2 atom stereocenters. The zero-order valence-corrected chi connectivity index (χ0v) is 19.8. The highest BCUT2D eigenvalue weighted by Gasteiger charge is 2.30. The van der Waals surface area contributed by atoms with E-state index in [0.717, 1.165) is 19.4 Å². The molecule has 0 aromatic carbocycles. The number of carbonyl (C=O) groups is 1. The largest absolute Gasteiger partial charge is 0.444 e. The van der Waals surface area contributed by atoms with Crippen LogP contribution < -0.4 is 10.6 Å². The molecule has 2 aliphatic heterocycles. The van der Waals surface area contributed by atoms with E-state index in [1.165, 1.54) is 0 Å². The third-order valence-electron chi connectivity index (χ3n) is 4.53. The van der Waals surface area contributed by atoms with Crippen LogP contribution in [0.2, 0.25) is 0 Å². The highest BCUT2D eigenvalue weighted by Crippen LogP contribution is 2.19. The van der Waals surface area contributed by atoms with Crippen molar-refractivity contribution in [1.82, 2.24) is 15.5 Å². The third-order valence-corrected chi connectivity index (χ3v) is 6.29. The molecule has 158 valence electrons. The van der Waals surface area contributed by atoms with E-state index in [2.05, 4.69) is 15.6 Å². The molecule has 2 fully saturated rings. The molecule has 8 nitrogen and oxygen atoms in total. The van der Waals surface area contributed by atoms with Crippen molar-refractivity contribution in [2.75, 3.05) is 38.2 Å². The lowest BCUT2D eigenvalue weighted by Crippen LogP contribution is -2.49. The summed E-state index contributed by atoms with van der Waals surface area (Å²) >= 11 is 0. The second-order valence-electron chi connectivity index (χ2n) is 8.13. The van der Waals surface area contributed by atoms with Crippen molar-refractivity contribution in [3.05, 3.63) is 0 Å². The fraction of sp³-hybridized carbons (Fsp3) is 0.882. The summed E-state index contributed by atoms with van der Waals surface area (Å²) in [5.41, 5.74) is -0.490. The number of rotatable bonds is 3. The molecule has 27 heavy (non-hydrogen) atoms. The van der Waals surface area contributed by atoms with Crippen molar-refractivity contribution >= 4 is 45.9 Å². The second kappa shape index (κ2) is 10.1. The number of piperidine rings is 1. The summed E-state index contributed by atoms with van der Waals surface area (Å²) in [7, 11) is -1.25. The minimum absolute atomic E-state index is 0.